The molecule has 0 bridgehead atoms. The van der Waals surface area contributed by atoms with Crippen molar-refractivity contribution in [1.82, 2.24) is 4.98 Å². The number of H-pyrrole nitrogens is 1. The van der Waals surface area contributed by atoms with Crippen molar-refractivity contribution < 1.29 is 9.53 Å². The van der Waals surface area contributed by atoms with E-state index in [0.717, 1.165) is 0 Å². The smallest absolute Gasteiger partial charge is 0.340 e. The molecule has 0 spiro atoms. The van der Waals surface area contributed by atoms with Gasteiger partial charge in [0.05, 0.1) is 23.8 Å². The predicted molar refractivity (Wildman–Crippen MR) is 54.4 cm³/mol. The number of rotatable bonds is 1. The Morgan fingerprint density at radius 2 is 2.33 bits per heavy atom. The Kier molecular flexibility index (Phi) is 2.14. The van der Waals surface area contributed by atoms with E-state index in [9.17, 15) is 4.79 Å². The van der Waals surface area contributed by atoms with Crippen LogP contribution in [-0.4, -0.2) is 18.1 Å². The summed E-state index contributed by atoms with van der Waals surface area (Å²) in [5, 5.41) is 9.56. The zero-order valence-electron chi connectivity index (χ0n) is 8.07. The average molecular weight is 200 g/mol. The Balaban J connectivity index is 2.72. The molecule has 1 aromatic heterocycles. The molecule has 4 heteroatoms. The van der Waals surface area contributed by atoms with Gasteiger partial charge in [-0.05, 0) is 6.07 Å². The highest BCUT2D eigenvalue weighted by molar-refractivity contribution is 6.05. The zero-order valence-corrected chi connectivity index (χ0v) is 8.07. The number of methoxy groups -OCH3 is 1. The topological polar surface area (TPSA) is 65.9 Å². The van der Waals surface area contributed by atoms with Gasteiger partial charge < -0.3 is 9.72 Å². The number of aromatic amines is 1. The largest absolute Gasteiger partial charge is 0.465 e. The van der Waals surface area contributed by atoms with Crippen molar-refractivity contribution in [2.75, 3.05) is 7.11 Å². The lowest BCUT2D eigenvalue weighted by Crippen LogP contribution is -1.99. The molecule has 0 unspecified atom stereocenters. The number of nitriles is 1. The van der Waals surface area contributed by atoms with Crippen molar-refractivity contribution in [1.29, 1.82) is 5.26 Å². The average Bonchev–Trinajstić information content (AvgIpc) is 2.71. The number of fused-ring (bicyclic) bond motifs is 1. The van der Waals surface area contributed by atoms with Crippen molar-refractivity contribution in [3.8, 4) is 6.07 Å². The lowest BCUT2D eigenvalue weighted by molar-refractivity contribution is 0.0603. The van der Waals surface area contributed by atoms with Gasteiger partial charge in [0.2, 0.25) is 0 Å². The minimum atomic E-state index is -0.406. The number of ether oxygens (including phenoxy) is 1. The number of nitrogens with one attached hydrogen (secondary N) is 1. The maximum atomic E-state index is 11.4. The van der Waals surface area contributed by atoms with Crippen LogP contribution >= 0.6 is 0 Å². The van der Waals surface area contributed by atoms with Crippen LogP contribution in [0.1, 0.15) is 15.9 Å². The molecule has 1 aromatic carbocycles. The molecule has 0 saturated heterocycles. The standard InChI is InChI=1S/C11H8N2O2/c1-15-11(14)9-6-13-10-7(5-12)3-2-4-8(9)10/h2-4,6,13H,1H3. The summed E-state index contributed by atoms with van der Waals surface area (Å²) in [5.41, 5.74) is 1.63. The zero-order chi connectivity index (χ0) is 10.8. The summed E-state index contributed by atoms with van der Waals surface area (Å²) in [6.45, 7) is 0. The van der Waals surface area contributed by atoms with Crippen molar-refractivity contribution >= 4 is 16.9 Å². The predicted octanol–water partition coefficient (Wildman–Crippen LogP) is 1.83. The molecule has 0 radical (unpaired) electrons. The van der Waals surface area contributed by atoms with E-state index in [-0.39, 0.29) is 0 Å². The van der Waals surface area contributed by atoms with Crippen LogP contribution in [0.15, 0.2) is 24.4 Å². The molecule has 0 aliphatic heterocycles. The third kappa shape index (κ3) is 1.34. The molecule has 0 saturated carbocycles. The first-order valence-corrected chi connectivity index (χ1v) is 4.36. The maximum Gasteiger partial charge on any atom is 0.340 e. The number of carbonyl (C=O) groups excluding carboxylic acids is 1. The molecule has 0 fully saturated rings. The van der Waals surface area contributed by atoms with E-state index in [0.29, 0.717) is 22.0 Å². The second-order valence-corrected chi connectivity index (χ2v) is 3.03. The molecule has 1 heterocycles. The van der Waals surface area contributed by atoms with Gasteiger partial charge in [0.25, 0.3) is 0 Å². The van der Waals surface area contributed by atoms with Gasteiger partial charge in [0.1, 0.15) is 6.07 Å². The Morgan fingerprint density at radius 1 is 1.53 bits per heavy atom. The van der Waals surface area contributed by atoms with E-state index in [1.165, 1.54) is 7.11 Å². The normalized spacial score (nSPS) is 9.87. The summed E-state index contributed by atoms with van der Waals surface area (Å²) in [6.07, 6.45) is 1.55. The number of carbonyl (C=O) groups is 1. The summed E-state index contributed by atoms with van der Waals surface area (Å²) in [5.74, 6) is -0.406. The Labute approximate surface area is 86.1 Å². The molecule has 0 aliphatic rings. The third-order valence-corrected chi connectivity index (χ3v) is 2.24. The van der Waals surface area contributed by atoms with Crippen LogP contribution in [0.5, 0.6) is 0 Å². The minimum Gasteiger partial charge on any atom is -0.465 e. The van der Waals surface area contributed by atoms with Gasteiger partial charge in [0, 0.05) is 11.6 Å². The lowest BCUT2D eigenvalue weighted by atomic mass is 10.1. The van der Waals surface area contributed by atoms with E-state index in [2.05, 4.69) is 15.8 Å². The first kappa shape index (κ1) is 9.28. The minimum absolute atomic E-state index is 0.406. The fourth-order valence-electron chi connectivity index (χ4n) is 1.53. The Hall–Kier alpha value is -2.28. The summed E-state index contributed by atoms with van der Waals surface area (Å²) in [4.78, 5) is 14.3. The van der Waals surface area contributed by atoms with E-state index in [1.54, 1.807) is 24.4 Å². The number of hydrogen-bond donors (Lipinski definition) is 1. The van der Waals surface area contributed by atoms with E-state index in [1.807, 2.05) is 0 Å². The highest BCUT2D eigenvalue weighted by Gasteiger charge is 2.13. The second kappa shape index (κ2) is 3.46. The van der Waals surface area contributed by atoms with Gasteiger partial charge in [-0.15, -0.1) is 0 Å². The number of para-hydroxylation sites is 1. The molecular formula is C11H8N2O2. The Morgan fingerprint density at radius 3 is 3.00 bits per heavy atom. The van der Waals surface area contributed by atoms with E-state index >= 15 is 0 Å². The molecule has 0 aliphatic carbocycles. The molecule has 4 nitrogen and oxygen atoms in total. The maximum absolute atomic E-state index is 11.4. The van der Waals surface area contributed by atoms with Crippen molar-refractivity contribution in [2.24, 2.45) is 0 Å². The molecule has 74 valence electrons. The van der Waals surface area contributed by atoms with Gasteiger partial charge in [-0.1, -0.05) is 12.1 Å². The van der Waals surface area contributed by atoms with Gasteiger partial charge >= 0.3 is 5.97 Å². The molecule has 2 aromatic rings. The fraction of sp³-hybridized carbons (Fsp3) is 0.0909. The summed E-state index contributed by atoms with van der Waals surface area (Å²) >= 11 is 0. The number of esters is 1. The molecular weight excluding hydrogens is 192 g/mol. The third-order valence-electron chi connectivity index (χ3n) is 2.24. The summed E-state index contributed by atoms with van der Waals surface area (Å²) < 4.78 is 4.63. The highest BCUT2D eigenvalue weighted by atomic mass is 16.5. The van der Waals surface area contributed by atoms with Crippen LogP contribution in [0.4, 0.5) is 0 Å². The van der Waals surface area contributed by atoms with Crippen LogP contribution in [-0.2, 0) is 4.74 Å². The molecule has 15 heavy (non-hydrogen) atoms. The Bertz CT molecular complexity index is 563. The van der Waals surface area contributed by atoms with E-state index in [4.69, 9.17) is 5.26 Å². The molecule has 1 N–H and O–H groups in total. The number of benzene rings is 1. The van der Waals surface area contributed by atoms with Gasteiger partial charge in [-0.25, -0.2) is 4.79 Å². The fourth-order valence-corrected chi connectivity index (χ4v) is 1.53. The van der Waals surface area contributed by atoms with Crippen LogP contribution < -0.4 is 0 Å². The van der Waals surface area contributed by atoms with Gasteiger partial charge in [-0.2, -0.15) is 5.26 Å². The van der Waals surface area contributed by atoms with Crippen molar-refractivity contribution in [3.05, 3.63) is 35.5 Å². The first-order valence-electron chi connectivity index (χ1n) is 4.36. The summed E-state index contributed by atoms with van der Waals surface area (Å²) in [7, 11) is 1.33. The summed E-state index contributed by atoms with van der Waals surface area (Å²) in [6, 6.07) is 7.27. The SMILES string of the molecule is COC(=O)c1c[nH]c2c(C#N)cccc12. The monoisotopic (exact) mass is 200 g/mol. The quantitative estimate of drug-likeness (QED) is 0.714. The van der Waals surface area contributed by atoms with Crippen LogP contribution in [0.2, 0.25) is 0 Å². The highest BCUT2D eigenvalue weighted by Crippen LogP contribution is 2.21. The van der Waals surface area contributed by atoms with Crippen molar-refractivity contribution in [3.63, 3.8) is 0 Å². The van der Waals surface area contributed by atoms with Crippen molar-refractivity contribution in [2.45, 2.75) is 0 Å². The van der Waals surface area contributed by atoms with E-state index < -0.39 is 5.97 Å². The lowest BCUT2D eigenvalue weighted by Gasteiger charge is -1.96. The second-order valence-electron chi connectivity index (χ2n) is 3.03. The first-order chi connectivity index (χ1) is 7.27. The number of nitrogens with zero attached hydrogens (tertiary/aromatic N) is 1. The molecule has 0 atom stereocenters. The van der Waals surface area contributed by atoms with Gasteiger partial charge in [0.15, 0.2) is 0 Å². The van der Waals surface area contributed by atoms with Crippen LogP contribution in [0, 0.1) is 11.3 Å². The number of aromatic nitrogens is 1. The molecule has 0 amide bonds. The number of hydrogen-bond acceptors (Lipinski definition) is 3. The van der Waals surface area contributed by atoms with Crippen LogP contribution in [0.25, 0.3) is 10.9 Å². The van der Waals surface area contributed by atoms with Crippen LogP contribution in [0.3, 0.4) is 0 Å². The molecule has 2 rings (SSSR count). The van der Waals surface area contributed by atoms with Gasteiger partial charge in [-0.3, -0.25) is 0 Å².